The number of nitrogens with one attached hydrogen (secondary N) is 4. The van der Waals surface area contributed by atoms with Gasteiger partial charge in [0.2, 0.25) is 70.9 Å². The van der Waals surface area contributed by atoms with Gasteiger partial charge in [-0.25, -0.2) is 0 Å². The SMILES string of the molecule is CC[C@H](C)[C@@H]1NC(=O)[C@H](C(C)C)N(C)C(=O)C[C@@H](C(=O)N2CCCCC2)NC(=O)[C@H](CC(C)C)N(C)C(=O)C2(CCCC2)NC(=O)[C@@H](CC(C)C)N(C)C(=O)[C@H](CCc2ccc(C(F)(F)F)cc2)NC(=O)CN(C)C(=O)[C@H](Cc2ccc(Cl)cc2)N(C)C(=O)CN(C)C(=O)CN(C)C1=O. The van der Waals surface area contributed by atoms with Gasteiger partial charge in [-0.3, -0.25) is 57.5 Å². The van der Waals surface area contributed by atoms with Crippen LogP contribution in [0.5, 0.6) is 0 Å². The van der Waals surface area contributed by atoms with E-state index in [0.29, 0.717) is 61.3 Å². The van der Waals surface area contributed by atoms with Gasteiger partial charge in [0.25, 0.3) is 0 Å². The molecule has 2 aliphatic heterocycles. The molecule has 99 heavy (non-hydrogen) atoms. The van der Waals surface area contributed by atoms with Crippen LogP contribution >= 0.6 is 11.6 Å². The molecule has 2 heterocycles. The Hall–Kier alpha value is -7.84. The van der Waals surface area contributed by atoms with Gasteiger partial charge in [0, 0.05) is 73.9 Å². The van der Waals surface area contributed by atoms with Crippen LogP contribution in [0.15, 0.2) is 48.5 Å². The van der Waals surface area contributed by atoms with Crippen molar-refractivity contribution in [2.45, 2.75) is 199 Å². The molecule has 5 rings (SSSR count). The molecule has 12 amide bonds. The Morgan fingerprint density at radius 3 is 1.67 bits per heavy atom. The van der Waals surface area contributed by atoms with Gasteiger partial charge in [-0.1, -0.05) is 111 Å². The molecule has 1 aliphatic carbocycles. The number of alkyl halides is 3. The van der Waals surface area contributed by atoms with E-state index in [2.05, 4.69) is 21.3 Å². The molecule has 28 heteroatoms. The van der Waals surface area contributed by atoms with E-state index in [-0.39, 0.29) is 56.8 Å². The second-order valence-corrected chi connectivity index (χ2v) is 28.9. The van der Waals surface area contributed by atoms with Crippen molar-refractivity contribution in [3.63, 3.8) is 0 Å². The first-order chi connectivity index (χ1) is 46.3. The maximum Gasteiger partial charge on any atom is 0.416 e. The Balaban J connectivity index is 1.64. The zero-order valence-electron chi connectivity index (χ0n) is 60.4. The second kappa shape index (κ2) is 36.5. The summed E-state index contributed by atoms with van der Waals surface area (Å²) in [6.45, 7) is 13.1. The standard InChI is InChI=1S/C71H106ClF3N12O12/c1-16-46(8)60-68(98)82(11)41-58(90)80(9)42-59(91)83(12)55(38-48-24-29-50(72)30-25-48)67(97)81(10)40-56(88)76-51(31-26-47-22-27-49(28-23-47)71(73,74)75)65(95)84(13)54(37-44(4)5)63(93)79-70(32-18-19-33-70)69(99)85(14)53(36-43(2)3)62(92)77-52(66(96)87-34-20-17-21-35-87)39-57(89)86(15)61(45(6)7)64(94)78-60/h22-25,27-30,43-46,51-55,60-61H,16-21,26,31-42H2,1-15H3,(H,76,88)(H,77,92)(H,78,94)(H,79,93)/t46-,51-,52-,53-,54+,55-,60-,61-/m0/s1. The molecule has 3 fully saturated rings. The van der Waals surface area contributed by atoms with Crippen LogP contribution in [-0.4, -0.2) is 240 Å². The smallest absolute Gasteiger partial charge is 0.343 e. The van der Waals surface area contributed by atoms with E-state index in [0.717, 1.165) is 43.1 Å². The van der Waals surface area contributed by atoms with Gasteiger partial charge in [0.05, 0.1) is 31.6 Å². The topological polar surface area (TPSA) is 279 Å². The molecule has 2 aromatic rings. The lowest BCUT2D eigenvalue weighted by Crippen LogP contribution is -2.65. The highest BCUT2D eigenvalue weighted by Crippen LogP contribution is 2.34. The van der Waals surface area contributed by atoms with Crippen molar-refractivity contribution < 1.29 is 70.7 Å². The fourth-order valence-electron chi connectivity index (χ4n) is 13.1. The molecule has 0 bridgehead atoms. The minimum atomic E-state index is -4.64. The summed E-state index contributed by atoms with van der Waals surface area (Å²) >= 11 is 6.23. The van der Waals surface area contributed by atoms with Gasteiger partial charge >= 0.3 is 6.18 Å². The maximum atomic E-state index is 15.4. The van der Waals surface area contributed by atoms with Crippen molar-refractivity contribution in [3.8, 4) is 0 Å². The summed E-state index contributed by atoms with van der Waals surface area (Å²) < 4.78 is 41.1. The van der Waals surface area contributed by atoms with Crippen molar-refractivity contribution in [1.29, 1.82) is 0 Å². The average molecular weight is 1410 g/mol. The zero-order chi connectivity index (χ0) is 74.1. The van der Waals surface area contributed by atoms with E-state index in [1.807, 2.05) is 27.7 Å². The molecule has 0 aromatic heterocycles. The first-order valence-electron chi connectivity index (χ1n) is 34.5. The summed E-state index contributed by atoms with van der Waals surface area (Å²) in [6.07, 6.45) is -1.72. The van der Waals surface area contributed by atoms with E-state index in [1.54, 1.807) is 56.9 Å². The summed E-state index contributed by atoms with van der Waals surface area (Å²) in [7, 11) is 9.53. The summed E-state index contributed by atoms with van der Waals surface area (Å²) in [5.74, 6) is -10.2. The van der Waals surface area contributed by atoms with Gasteiger partial charge in [-0.2, -0.15) is 13.2 Å². The number of halogens is 4. The lowest BCUT2D eigenvalue weighted by atomic mass is 9.91. The van der Waals surface area contributed by atoms with Crippen molar-refractivity contribution in [2.75, 3.05) is 82.1 Å². The Morgan fingerprint density at radius 2 is 1.12 bits per heavy atom. The molecule has 3 aliphatic rings. The first-order valence-corrected chi connectivity index (χ1v) is 34.9. The Labute approximate surface area is 586 Å². The van der Waals surface area contributed by atoms with Crippen LogP contribution in [-0.2, 0) is 76.6 Å². The molecular weight excluding hydrogens is 1310 g/mol. The predicted molar refractivity (Wildman–Crippen MR) is 367 cm³/mol. The normalized spacial score (nSPS) is 24.3. The highest BCUT2D eigenvalue weighted by Gasteiger charge is 2.49. The average Bonchev–Trinajstić information content (AvgIpc) is 1.75. The summed E-state index contributed by atoms with van der Waals surface area (Å²) in [5, 5.41) is 11.8. The molecule has 0 radical (unpaired) electrons. The molecule has 8 atom stereocenters. The zero-order valence-corrected chi connectivity index (χ0v) is 61.1. The van der Waals surface area contributed by atoms with Gasteiger partial charge in [-0.05, 0) is 117 Å². The van der Waals surface area contributed by atoms with Gasteiger partial charge in [-0.15, -0.1) is 0 Å². The summed E-state index contributed by atoms with van der Waals surface area (Å²) in [6, 6.07) is 1.41. The summed E-state index contributed by atoms with van der Waals surface area (Å²) in [5.41, 5.74) is -1.60. The van der Waals surface area contributed by atoms with E-state index in [1.165, 1.54) is 71.3 Å². The first kappa shape index (κ1) is 81.8. The Bertz CT molecular complexity index is 3180. The predicted octanol–water partition coefficient (Wildman–Crippen LogP) is 5.31. The molecular formula is C71H106ClF3N12O12. The number of hydrogen-bond donors (Lipinski definition) is 4. The van der Waals surface area contributed by atoms with E-state index >= 15 is 19.2 Å². The number of aryl methyl sites for hydroxylation is 1. The third-order valence-corrected chi connectivity index (χ3v) is 19.7. The largest absolute Gasteiger partial charge is 0.416 e. The molecule has 0 unspecified atom stereocenters. The third kappa shape index (κ3) is 22.3. The van der Waals surface area contributed by atoms with Crippen molar-refractivity contribution in [3.05, 3.63) is 70.2 Å². The van der Waals surface area contributed by atoms with E-state index in [9.17, 15) is 51.5 Å². The van der Waals surface area contributed by atoms with Gasteiger partial charge < -0.3 is 60.5 Å². The Kier molecular flexibility index (Phi) is 30.2. The van der Waals surface area contributed by atoms with Crippen LogP contribution in [0.3, 0.4) is 0 Å². The molecule has 24 nitrogen and oxygen atoms in total. The van der Waals surface area contributed by atoms with Crippen LogP contribution in [0.2, 0.25) is 5.02 Å². The van der Waals surface area contributed by atoms with Crippen LogP contribution in [0.4, 0.5) is 13.2 Å². The minimum Gasteiger partial charge on any atom is -0.343 e. The number of nitrogens with zero attached hydrogens (tertiary/aromatic N) is 8. The fraction of sp³-hybridized carbons (Fsp3) is 0.662. The monoisotopic (exact) mass is 1410 g/mol. The van der Waals surface area contributed by atoms with Gasteiger partial charge in [0.1, 0.15) is 47.8 Å². The Morgan fingerprint density at radius 1 is 0.576 bits per heavy atom. The number of carbonyl (C=O) groups is 12. The molecule has 1 saturated carbocycles. The number of likely N-dealkylation sites (tertiary alicyclic amines) is 1. The number of carbonyl (C=O) groups excluding carboxylic acids is 12. The number of hydrogen-bond acceptors (Lipinski definition) is 12. The third-order valence-electron chi connectivity index (χ3n) is 19.4. The number of piperidine rings is 1. The maximum absolute atomic E-state index is 15.4. The number of likely N-dealkylation sites (N-methyl/N-ethyl adjacent to an activating group) is 7. The minimum absolute atomic E-state index is 0.0345. The highest BCUT2D eigenvalue weighted by atomic mass is 35.5. The van der Waals surface area contributed by atoms with Crippen molar-refractivity contribution >= 4 is 82.5 Å². The number of amides is 12. The van der Waals surface area contributed by atoms with Gasteiger partial charge in [0.15, 0.2) is 0 Å². The molecule has 2 aromatic carbocycles. The number of benzene rings is 2. The van der Waals surface area contributed by atoms with Crippen LogP contribution in [0.1, 0.15) is 149 Å². The molecule has 1 spiro atoms. The van der Waals surface area contributed by atoms with Crippen molar-refractivity contribution in [1.82, 2.24) is 60.5 Å². The molecule has 550 valence electrons. The number of rotatable bonds is 13. The second-order valence-electron chi connectivity index (χ2n) is 28.5. The van der Waals surface area contributed by atoms with E-state index < -0.39 is 168 Å². The van der Waals surface area contributed by atoms with Crippen LogP contribution in [0, 0.1) is 23.7 Å². The quantitative estimate of drug-likeness (QED) is 0.199. The van der Waals surface area contributed by atoms with E-state index in [4.69, 9.17) is 11.6 Å². The van der Waals surface area contributed by atoms with Crippen molar-refractivity contribution in [2.24, 2.45) is 23.7 Å². The summed E-state index contributed by atoms with van der Waals surface area (Å²) in [4.78, 5) is 187. The van der Waals surface area contributed by atoms with Crippen LogP contribution < -0.4 is 21.3 Å². The molecule has 4 N–H and O–H groups in total. The molecule has 2 saturated heterocycles. The lowest BCUT2D eigenvalue weighted by molar-refractivity contribution is -0.150. The lowest BCUT2D eigenvalue weighted by Gasteiger charge is -2.40. The highest BCUT2D eigenvalue weighted by molar-refractivity contribution is 6.30. The van der Waals surface area contributed by atoms with Crippen LogP contribution in [0.25, 0.3) is 0 Å². The fourth-order valence-corrected chi connectivity index (χ4v) is 13.3.